The van der Waals surface area contributed by atoms with Crippen LogP contribution in [-0.4, -0.2) is 42.8 Å². The van der Waals surface area contributed by atoms with Crippen LogP contribution in [-0.2, 0) is 19.1 Å². The number of methoxy groups -OCH3 is 1. The van der Waals surface area contributed by atoms with Crippen LogP contribution >= 0.6 is 0 Å². The molecule has 9 heteroatoms. The molecule has 4 amide bonds. The van der Waals surface area contributed by atoms with Crippen molar-refractivity contribution in [2.45, 2.75) is 45.3 Å². The van der Waals surface area contributed by atoms with Crippen LogP contribution in [0.2, 0.25) is 0 Å². The van der Waals surface area contributed by atoms with Crippen molar-refractivity contribution in [1.29, 1.82) is 0 Å². The molecule has 33 heavy (non-hydrogen) atoms. The van der Waals surface area contributed by atoms with Crippen LogP contribution in [0.25, 0.3) is 0 Å². The number of carbonyl (C=O) groups excluding carboxylic acids is 4. The molecule has 2 aromatic carbocycles. The van der Waals surface area contributed by atoms with Gasteiger partial charge in [-0.1, -0.05) is 36.4 Å². The molecule has 2 N–H and O–H groups in total. The lowest BCUT2D eigenvalue weighted by atomic mass is 10.1. The first-order chi connectivity index (χ1) is 15.6. The lowest BCUT2D eigenvalue weighted by Crippen LogP contribution is -2.53. The molecule has 0 aromatic heterocycles. The molecular weight excluding hydrogens is 426 g/mol. The molecule has 9 nitrogen and oxygen atoms in total. The van der Waals surface area contributed by atoms with Crippen molar-refractivity contribution in [3.63, 3.8) is 0 Å². The number of nitrogens with zero attached hydrogens (tertiary/aromatic N) is 1. The normalized spacial score (nSPS) is 11.6. The van der Waals surface area contributed by atoms with E-state index >= 15 is 0 Å². The van der Waals surface area contributed by atoms with Crippen LogP contribution in [0, 0.1) is 0 Å². The van der Waals surface area contributed by atoms with E-state index in [2.05, 4.69) is 15.4 Å². The monoisotopic (exact) mass is 455 g/mol. The average molecular weight is 456 g/mol. The summed E-state index contributed by atoms with van der Waals surface area (Å²) in [7, 11) is 1.23. The van der Waals surface area contributed by atoms with Gasteiger partial charge < -0.3 is 20.1 Å². The number of benzene rings is 2. The molecule has 0 aliphatic heterocycles. The van der Waals surface area contributed by atoms with Crippen LogP contribution in [0.5, 0.6) is 0 Å². The molecule has 0 saturated heterocycles. The highest BCUT2D eigenvalue weighted by Crippen LogP contribution is 2.20. The number of esters is 1. The van der Waals surface area contributed by atoms with Gasteiger partial charge in [0.2, 0.25) is 0 Å². The predicted molar refractivity (Wildman–Crippen MR) is 124 cm³/mol. The molecule has 176 valence electrons. The molecule has 0 spiro atoms. The summed E-state index contributed by atoms with van der Waals surface area (Å²) in [5, 5.41) is 5.18. The Morgan fingerprint density at radius 3 is 2.06 bits per heavy atom. The molecule has 0 bridgehead atoms. The lowest BCUT2D eigenvalue weighted by molar-refractivity contribution is -0.140. The highest BCUT2D eigenvalue weighted by Gasteiger charge is 2.34. The first kappa shape index (κ1) is 25.4. The Kier molecular flexibility index (Phi) is 8.97. The number of carbonyl (C=O) groups is 4. The van der Waals surface area contributed by atoms with Gasteiger partial charge in [-0.15, -0.1) is 0 Å². The molecule has 0 aliphatic carbocycles. The van der Waals surface area contributed by atoms with Crippen molar-refractivity contribution >= 4 is 35.4 Å². The van der Waals surface area contributed by atoms with E-state index in [-0.39, 0.29) is 18.5 Å². The molecule has 2 rings (SSSR count). The van der Waals surface area contributed by atoms with E-state index in [1.807, 2.05) is 0 Å². The number of anilines is 2. The minimum atomic E-state index is -1.21. The summed E-state index contributed by atoms with van der Waals surface area (Å²) in [6.07, 6.45) is -1.12. The van der Waals surface area contributed by atoms with Gasteiger partial charge >= 0.3 is 18.1 Å². The predicted octanol–water partition coefficient (Wildman–Crippen LogP) is 4.10. The first-order valence-corrected chi connectivity index (χ1v) is 10.4. The number of para-hydroxylation sites is 2. The fourth-order valence-electron chi connectivity index (χ4n) is 2.83. The molecule has 1 unspecified atom stereocenters. The smallest absolute Gasteiger partial charge is 0.421 e. The average Bonchev–Trinajstić information content (AvgIpc) is 2.76. The van der Waals surface area contributed by atoms with Crippen LogP contribution in [0.15, 0.2) is 60.7 Å². The summed E-state index contributed by atoms with van der Waals surface area (Å²) >= 11 is 0. The van der Waals surface area contributed by atoms with Crippen molar-refractivity contribution in [2.75, 3.05) is 17.3 Å². The molecule has 0 heterocycles. The number of imide groups is 1. The summed E-state index contributed by atoms with van der Waals surface area (Å²) < 4.78 is 10.1. The minimum absolute atomic E-state index is 0.0835. The zero-order chi connectivity index (χ0) is 24.4. The number of nitrogens with one attached hydrogen (secondary N) is 2. The van der Waals surface area contributed by atoms with Gasteiger partial charge in [0.1, 0.15) is 11.6 Å². The molecule has 1 atom stereocenters. The van der Waals surface area contributed by atoms with E-state index < -0.39 is 35.6 Å². The minimum Gasteiger partial charge on any atom is -0.469 e. The van der Waals surface area contributed by atoms with E-state index in [0.717, 1.165) is 4.90 Å². The van der Waals surface area contributed by atoms with Gasteiger partial charge in [-0.3, -0.25) is 9.59 Å². The first-order valence-electron chi connectivity index (χ1n) is 10.4. The number of urea groups is 1. The maximum absolute atomic E-state index is 13.5. The van der Waals surface area contributed by atoms with E-state index in [1.54, 1.807) is 81.4 Å². The Balaban J connectivity index is 2.31. The molecule has 2 aromatic rings. The number of ether oxygens (including phenoxy) is 2. The van der Waals surface area contributed by atoms with Gasteiger partial charge in [-0.25, -0.2) is 14.5 Å². The summed E-state index contributed by atoms with van der Waals surface area (Å²) in [4.78, 5) is 51.6. The van der Waals surface area contributed by atoms with Crippen LogP contribution in [0.1, 0.15) is 33.6 Å². The van der Waals surface area contributed by atoms with Gasteiger partial charge in [-0.2, -0.15) is 0 Å². The molecule has 0 fully saturated rings. The van der Waals surface area contributed by atoms with Crippen molar-refractivity contribution < 1.29 is 28.7 Å². The lowest BCUT2D eigenvalue weighted by Gasteiger charge is -2.29. The highest BCUT2D eigenvalue weighted by atomic mass is 16.6. The maximum atomic E-state index is 13.5. The summed E-state index contributed by atoms with van der Waals surface area (Å²) in [5.74, 6) is -1.30. The Labute approximate surface area is 193 Å². The second-order valence-electron chi connectivity index (χ2n) is 8.12. The van der Waals surface area contributed by atoms with Gasteiger partial charge in [0.15, 0.2) is 0 Å². The van der Waals surface area contributed by atoms with E-state index in [0.29, 0.717) is 5.69 Å². The number of rotatable bonds is 7. The largest absolute Gasteiger partial charge is 0.469 e. The second kappa shape index (κ2) is 11.7. The van der Waals surface area contributed by atoms with E-state index in [1.165, 1.54) is 7.11 Å². The van der Waals surface area contributed by atoms with Crippen molar-refractivity contribution in [3.05, 3.63) is 60.7 Å². The summed E-state index contributed by atoms with van der Waals surface area (Å²) in [6.45, 7) is 5.04. The Hall–Kier alpha value is -3.88. The van der Waals surface area contributed by atoms with Gasteiger partial charge in [-0.05, 0) is 51.5 Å². The Bertz CT molecular complexity index is 957. The molecule has 0 aliphatic rings. The second-order valence-corrected chi connectivity index (χ2v) is 8.12. The molecule has 0 saturated carbocycles. The third-order valence-electron chi connectivity index (χ3n) is 4.31. The zero-order valence-corrected chi connectivity index (χ0v) is 19.2. The highest BCUT2D eigenvalue weighted by molar-refractivity contribution is 6.15. The maximum Gasteiger partial charge on any atom is 0.421 e. The fourth-order valence-corrected chi connectivity index (χ4v) is 2.83. The molecular formula is C24H29N3O6. The van der Waals surface area contributed by atoms with Crippen molar-refractivity contribution in [3.8, 4) is 0 Å². The van der Waals surface area contributed by atoms with Gasteiger partial charge in [0, 0.05) is 12.1 Å². The topological polar surface area (TPSA) is 114 Å². The SMILES string of the molecule is COC(=O)CCC(NC(=O)Nc1ccccc1)C(=O)N(C(=O)OC(C)(C)C)c1ccccc1. The summed E-state index contributed by atoms with van der Waals surface area (Å²) in [6, 6.07) is 15.0. The van der Waals surface area contributed by atoms with Gasteiger partial charge in [0.25, 0.3) is 5.91 Å². The van der Waals surface area contributed by atoms with Crippen LogP contribution in [0.4, 0.5) is 21.0 Å². The number of hydrogen-bond acceptors (Lipinski definition) is 6. The van der Waals surface area contributed by atoms with Crippen molar-refractivity contribution in [1.82, 2.24) is 5.32 Å². The third kappa shape index (κ3) is 8.29. The Morgan fingerprint density at radius 2 is 1.52 bits per heavy atom. The zero-order valence-electron chi connectivity index (χ0n) is 19.2. The Morgan fingerprint density at radius 1 is 0.939 bits per heavy atom. The van der Waals surface area contributed by atoms with E-state index in [4.69, 9.17) is 4.74 Å². The van der Waals surface area contributed by atoms with Crippen molar-refractivity contribution in [2.24, 2.45) is 0 Å². The number of amides is 4. The third-order valence-corrected chi connectivity index (χ3v) is 4.31. The fraction of sp³-hybridized carbons (Fsp3) is 0.333. The van der Waals surface area contributed by atoms with Crippen LogP contribution < -0.4 is 15.5 Å². The molecule has 0 radical (unpaired) electrons. The van der Waals surface area contributed by atoms with Crippen LogP contribution in [0.3, 0.4) is 0 Å². The number of hydrogen-bond donors (Lipinski definition) is 2. The van der Waals surface area contributed by atoms with E-state index in [9.17, 15) is 19.2 Å². The quantitative estimate of drug-likeness (QED) is 0.608. The van der Waals surface area contributed by atoms with Gasteiger partial charge in [0.05, 0.1) is 12.8 Å². The summed E-state index contributed by atoms with van der Waals surface area (Å²) in [5.41, 5.74) is -0.0735. The standard InChI is InChI=1S/C24H29N3O6/c1-24(2,3)33-23(31)27(18-13-9-6-10-14-18)21(29)19(15-16-20(28)32-4)26-22(30)25-17-11-7-5-8-12-17/h5-14,19H,15-16H2,1-4H3,(H2,25,26,30).